The second kappa shape index (κ2) is 2.68. The number of fused-ring (bicyclic) bond motifs is 1. The summed E-state index contributed by atoms with van der Waals surface area (Å²) in [6.45, 7) is 6.76. The zero-order chi connectivity index (χ0) is 9.64. The molecular formula is C11H15NS. The van der Waals surface area contributed by atoms with Crippen LogP contribution in [0.3, 0.4) is 0 Å². The molecule has 0 spiro atoms. The number of rotatable bonds is 0. The molecule has 2 heteroatoms. The van der Waals surface area contributed by atoms with Crippen molar-refractivity contribution in [3.05, 3.63) is 23.8 Å². The molecule has 0 aromatic heterocycles. The third-order valence-corrected chi connectivity index (χ3v) is 3.43. The van der Waals surface area contributed by atoms with E-state index in [0.717, 1.165) is 4.90 Å². The molecule has 13 heavy (non-hydrogen) atoms. The molecule has 0 amide bonds. The molecule has 1 aliphatic heterocycles. The summed E-state index contributed by atoms with van der Waals surface area (Å²) in [6, 6.07) is 6.80. The van der Waals surface area contributed by atoms with E-state index >= 15 is 0 Å². The number of hydrogen-bond donors (Lipinski definition) is 2. The average Bonchev–Trinajstić information content (AvgIpc) is 2.27. The second-order valence-corrected chi connectivity index (χ2v) is 4.83. The third kappa shape index (κ3) is 1.24. The minimum atomic E-state index is 0.216. The van der Waals surface area contributed by atoms with Gasteiger partial charge in [-0.3, -0.25) is 0 Å². The molecule has 70 valence electrons. The minimum Gasteiger partial charge on any atom is -0.381 e. The smallest absolute Gasteiger partial charge is 0.0382 e. The summed E-state index contributed by atoms with van der Waals surface area (Å²) in [6.07, 6.45) is 0. The summed E-state index contributed by atoms with van der Waals surface area (Å²) in [4.78, 5) is 1.04. The van der Waals surface area contributed by atoms with Gasteiger partial charge in [-0.15, -0.1) is 12.6 Å². The number of benzene rings is 1. The highest BCUT2D eigenvalue weighted by Crippen LogP contribution is 2.41. The fraction of sp³-hybridized carbons (Fsp3) is 0.455. The Hall–Kier alpha value is -0.630. The summed E-state index contributed by atoms with van der Waals surface area (Å²) >= 11 is 4.36. The van der Waals surface area contributed by atoms with Gasteiger partial charge in [0.1, 0.15) is 0 Å². The van der Waals surface area contributed by atoms with Crippen LogP contribution in [0.2, 0.25) is 0 Å². The predicted octanol–water partition coefficient (Wildman–Crippen LogP) is 3.07. The van der Waals surface area contributed by atoms with Crippen LogP contribution >= 0.6 is 12.6 Å². The molecule has 1 N–H and O–H groups in total. The van der Waals surface area contributed by atoms with Gasteiger partial charge in [-0.2, -0.15) is 0 Å². The van der Waals surface area contributed by atoms with Crippen LogP contribution in [-0.2, 0) is 5.41 Å². The summed E-state index contributed by atoms with van der Waals surface area (Å²) in [5, 5.41) is 3.48. The molecule has 0 saturated carbocycles. The molecule has 1 unspecified atom stereocenters. The summed E-state index contributed by atoms with van der Waals surface area (Å²) in [5.74, 6) is 0. The largest absolute Gasteiger partial charge is 0.381 e. The molecular weight excluding hydrogens is 178 g/mol. The number of nitrogens with one attached hydrogen (secondary N) is 1. The van der Waals surface area contributed by atoms with Crippen LogP contribution in [0.25, 0.3) is 0 Å². The molecule has 0 fully saturated rings. The molecule has 1 atom stereocenters. The Morgan fingerprint density at radius 2 is 2.08 bits per heavy atom. The Morgan fingerprint density at radius 1 is 1.38 bits per heavy atom. The van der Waals surface area contributed by atoms with E-state index in [9.17, 15) is 0 Å². The van der Waals surface area contributed by atoms with Crippen LogP contribution in [0.1, 0.15) is 26.3 Å². The van der Waals surface area contributed by atoms with Crippen LogP contribution in [-0.4, -0.2) is 6.04 Å². The highest BCUT2D eigenvalue weighted by Gasteiger charge is 2.36. The predicted molar refractivity (Wildman–Crippen MR) is 59.8 cm³/mol. The van der Waals surface area contributed by atoms with Gasteiger partial charge >= 0.3 is 0 Å². The SMILES string of the molecule is CC1Nc2ccc(S)cc2C1(C)C. The van der Waals surface area contributed by atoms with E-state index in [1.54, 1.807) is 0 Å². The Kier molecular flexibility index (Phi) is 1.84. The maximum absolute atomic E-state index is 4.36. The molecule has 0 saturated heterocycles. The monoisotopic (exact) mass is 193 g/mol. The Bertz CT molecular complexity index is 344. The average molecular weight is 193 g/mol. The van der Waals surface area contributed by atoms with Crippen molar-refractivity contribution in [1.29, 1.82) is 0 Å². The van der Waals surface area contributed by atoms with Crippen molar-refractivity contribution in [3.63, 3.8) is 0 Å². The van der Waals surface area contributed by atoms with Gasteiger partial charge in [0, 0.05) is 22.0 Å². The lowest BCUT2D eigenvalue weighted by molar-refractivity contribution is 0.485. The van der Waals surface area contributed by atoms with E-state index in [1.165, 1.54) is 11.3 Å². The van der Waals surface area contributed by atoms with E-state index < -0.39 is 0 Å². The standard InChI is InChI=1S/C11H15NS/c1-7-11(2,3)9-6-8(13)4-5-10(9)12-7/h4-7,12-13H,1-3H3. The molecule has 1 aromatic rings. The number of thiol groups is 1. The molecule has 1 aromatic carbocycles. The second-order valence-electron chi connectivity index (χ2n) is 4.32. The maximum atomic E-state index is 4.36. The zero-order valence-electron chi connectivity index (χ0n) is 8.26. The minimum absolute atomic E-state index is 0.216. The van der Waals surface area contributed by atoms with Crippen molar-refractivity contribution >= 4 is 18.3 Å². The van der Waals surface area contributed by atoms with Crippen molar-refractivity contribution in [1.82, 2.24) is 0 Å². The molecule has 0 aliphatic carbocycles. The first kappa shape index (κ1) is 8.95. The third-order valence-electron chi connectivity index (χ3n) is 3.15. The van der Waals surface area contributed by atoms with Crippen molar-refractivity contribution in [3.8, 4) is 0 Å². The first-order valence-corrected chi connectivity index (χ1v) is 5.06. The normalized spacial score (nSPS) is 23.8. The summed E-state index contributed by atoms with van der Waals surface area (Å²) in [5.41, 5.74) is 2.86. The van der Waals surface area contributed by atoms with Crippen LogP contribution < -0.4 is 5.32 Å². The molecule has 0 bridgehead atoms. The van der Waals surface area contributed by atoms with Crippen LogP contribution in [0, 0.1) is 0 Å². The highest BCUT2D eigenvalue weighted by atomic mass is 32.1. The zero-order valence-corrected chi connectivity index (χ0v) is 9.15. The first-order valence-electron chi connectivity index (χ1n) is 4.62. The van der Waals surface area contributed by atoms with E-state index in [1.807, 2.05) is 6.07 Å². The number of anilines is 1. The van der Waals surface area contributed by atoms with Gasteiger partial charge < -0.3 is 5.32 Å². The van der Waals surface area contributed by atoms with Gasteiger partial charge in [-0.25, -0.2) is 0 Å². The van der Waals surface area contributed by atoms with E-state index in [4.69, 9.17) is 0 Å². The first-order chi connectivity index (χ1) is 6.01. The Morgan fingerprint density at radius 3 is 2.77 bits per heavy atom. The fourth-order valence-corrected chi connectivity index (χ4v) is 2.04. The van der Waals surface area contributed by atoms with E-state index in [-0.39, 0.29) is 5.41 Å². The topological polar surface area (TPSA) is 12.0 Å². The molecule has 1 heterocycles. The van der Waals surface area contributed by atoms with Gasteiger partial charge in [0.2, 0.25) is 0 Å². The highest BCUT2D eigenvalue weighted by molar-refractivity contribution is 7.80. The van der Waals surface area contributed by atoms with Gasteiger partial charge in [0.05, 0.1) is 0 Å². The maximum Gasteiger partial charge on any atom is 0.0382 e. The Balaban J connectivity index is 2.57. The van der Waals surface area contributed by atoms with E-state index in [2.05, 4.69) is 50.8 Å². The number of hydrogen-bond acceptors (Lipinski definition) is 2. The van der Waals surface area contributed by atoms with Gasteiger partial charge in [0.25, 0.3) is 0 Å². The quantitative estimate of drug-likeness (QED) is 0.603. The summed E-state index contributed by atoms with van der Waals surface area (Å²) in [7, 11) is 0. The summed E-state index contributed by atoms with van der Waals surface area (Å²) < 4.78 is 0. The fourth-order valence-electron chi connectivity index (χ4n) is 1.84. The van der Waals surface area contributed by atoms with Crippen molar-refractivity contribution in [2.24, 2.45) is 0 Å². The lowest BCUT2D eigenvalue weighted by atomic mass is 9.81. The van der Waals surface area contributed by atoms with Crippen molar-refractivity contribution in [2.75, 3.05) is 5.32 Å². The molecule has 1 nitrogen and oxygen atoms in total. The van der Waals surface area contributed by atoms with Gasteiger partial charge in [0.15, 0.2) is 0 Å². The molecule has 1 aliphatic rings. The van der Waals surface area contributed by atoms with Crippen molar-refractivity contribution < 1.29 is 0 Å². The van der Waals surface area contributed by atoms with Crippen LogP contribution in [0.4, 0.5) is 5.69 Å². The Labute approximate surface area is 85.0 Å². The van der Waals surface area contributed by atoms with E-state index in [0.29, 0.717) is 6.04 Å². The molecule has 2 rings (SSSR count). The lowest BCUT2D eigenvalue weighted by Crippen LogP contribution is -2.29. The lowest BCUT2D eigenvalue weighted by Gasteiger charge is -2.24. The van der Waals surface area contributed by atoms with Gasteiger partial charge in [-0.05, 0) is 30.7 Å². The van der Waals surface area contributed by atoms with Gasteiger partial charge in [-0.1, -0.05) is 13.8 Å². The van der Waals surface area contributed by atoms with Crippen molar-refractivity contribution in [2.45, 2.75) is 37.1 Å². The van der Waals surface area contributed by atoms with Crippen LogP contribution in [0.5, 0.6) is 0 Å². The van der Waals surface area contributed by atoms with Crippen LogP contribution in [0.15, 0.2) is 23.1 Å². The molecule has 0 radical (unpaired) electrons.